The van der Waals surface area contributed by atoms with Crippen LogP contribution in [0.3, 0.4) is 0 Å². The average molecular weight is 268 g/mol. The number of nitrogens with zero attached hydrogens (tertiary/aromatic N) is 1. The van der Waals surface area contributed by atoms with E-state index in [9.17, 15) is 14.0 Å². The third-order valence-electron chi connectivity index (χ3n) is 2.56. The minimum absolute atomic E-state index is 0.186. The summed E-state index contributed by atoms with van der Waals surface area (Å²) in [6.45, 7) is 0.505. The first-order chi connectivity index (χ1) is 9.09. The summed E-state index contributed by atoms with van der Waals surface area (Å²) in [4.78, 5) is 25.5. The van der Waals surface area contributed by atoms with Crippen molar-refractivity contribution in [3.63, 3.8) is 0 Å². The summed E-state index contributed by atoms with van der Waals surface area (Å²) in [6, 6.07) is 2.52. The van der Waals surface area contributed by atoms with Gasteiger partial charge in [0.1, 0.15) is 11.5 Å². The number of carbonyl (C=O) groups is 2. The lowest BCUT2D eigenvalue weighted by Gasteiger charge is -2.04. The molecule has 5 nitrogen and oxygen atoms in total. The molecule has 0 saturated heterocycles. The summed E-state index contributed by atoms with van der Waals surface area (Å²) < 4.78 is 12.6. The molecule has 0 aromatic carbocycles. The molecule has 0 atom stereocenters. The van der Waals surface area contributed by atoms with Crippen LogP contribution in [-0.2, 0) is 4.79 Å². The Morgan fingerprint density at radius 1 is 1.21 bits per heavy atom. The molecule has 6 heteroatoms. The minimum Gasteiger partial charge on any atom is -0.481 e. The van der Waals surface area contributed by atoms with Crippen LogP contribution in [0, 0.1) is 5.82 Å². The van der Waals surface area contributed by atoms with Crippen LogP contribution in [0.4, 0.5) is 4.39 Å². The summed E-state index contributed by atoms with van der Waals surface area (Å²) in [5.74, 6) is -1.59. The van der Waals surface area contributed by atoms with E-state index >= 15 is 0 Å². The van der Waals surface area contributed by atoms with Gasteiger partial charge in [-0.25, -0.2) is 9.37 Å². The van der Waals surface area contributed by atoms with E-state index in [4.69, 9.17) is 5.11 Å². The lowest BCUT2D eigenvalue weighted by atomic mass is 10.1. The molecule has 0 aliphatic heterocycles. The van der Waals surface area contributed by atoms with Crippen LogP contribution in [0.5, 0.6) is 0 Å². The Kier molecular flexibility index (Phi) is 6.49. The molecule has 1 aromatic heterocycles. The number of halogens is 1. The average Bonchev–Trinajstić information content (AvgIpc) is 2.38. The molecule has 0 unspecified atom stereocenters. The van der Waals surface area contributed by atoms with Gasteiger partial charge in [-0.05, 0) is 25.0 Å². The van der Waals surface area contributed by atoms with Gasteiger partial charge in [-0.15, -0.1) is 0 Å². The number of carboxylic acid groups (broad SMARTS) is 1. The largest absolute Gasteiger partial charge is 0.481 e. The maximum Gasteiger partial charge on any atom is 0.303 e. The third-order valence-corrected chi connectivity index (χ3v) is 2.56. The van der Waals surface area contributed by atoms with E-state index in [1.165, 1.54) is 12.1 Å². The van der Waals surface area contributed by atoms with Gasteiger partial charge < -0.3 is 10.4 Å². The zero-order valence-corrected chi connectivity index (χ0v) is 10.6. The first-order valence-electron chi connectivity index (χ1n) is 6.21. The standard InChI is InChI=1S/C13H17FN2O3/c14-10-6-7-11(16-9-10)13(19)15-8-4-2-1-3-5-12(17)18/h6-7,9H,1-5,8H2,(H,15,19)(H,17,18). The molecule has 1 heterocycles. The highest BCUT2D eigenvalue weighted by Gasteiger charge is 2.05. The SMILES string of the molecule is O=C(O)CCCCCCNC(=O)c1ccc(F)cn1. The van der Waals surface area contributed by atoms with Crippen LogP contribution in [-0.4, -0.2) is 28.5 Å². The predicted molar refractivity (Wildman–Crippen MR) is 67.2 cm³/mol. The summed E-state index contributed by atoms with van der Waals surface area (Å²) in [7, 11) is 0. The fraction of sp³-hybridized carbons (Fsp3) is 0.462. The molecule has 19 heavy (non-hydrogen) atoms. The maximum absolute atomic E-state index is 12.6. The van der Waals surface area contributed by atoms with Crippen LogP contribution in [0.2, 0.25) is 0 Å². The van der Waals surface area contributed by atoms with Crippen LogP contribution in [0.25, 0.3) is 0 Å². The van der Waals surface area contributed by atoms with E-state index in [1.54, 1.807) is 0 Å². The number of aliphatic carboxylic acids is 1. The lowest BCUT2D eigenvalue weighted by Crippen LogP contribution is -2.25. The van der Waals surface area contributed by atoms with Gasteiger partial charge in [-0.1, -0.05) is 12.8 Å². The van der Waals surface area contributed by atoms with Crippen molar-refractivity contribution in [1.82, 2.24) is 10.3 Å². The van der Waals surface area contributed by atoms with Crippen molar-refractivity contribution in [1.29, 1.82) is 0 Å². The first kappa shape index (κ1) is 15.1. The first-order valence-corrected chi connectivity index (χ1v) is 6.21. The number of amides is 1. The molecule has 0 spiro atoms. The molecular formula is C13H17FN2O3. The fourth-order valence-electron chi connectivity index (χ4n) is 1.56. The number of carboxylic acids is 1. The summed E-state index contributed by atoms with van der Waals surface area (Å²) in [5.41, 5.74) is 0.187. The van der Waals surface area contributed by atoms with E-state index in [1.807, 2.05) is 0 Å². The fourth-order valence-corrected chi connectivity index (χ4v) is 1.56. The predicted octanol–water partition coefficient (Wildman–Crippen LogP) is 1.99. The van der Waals surface area contributed by atoms with Gasteiger partial charge in [0.05, 0.1) is 6.20 Å². The number of nitrogens with one attached hydrogen (secondary N) is 1. The second-order valence-electron chi connectivity index (χ2n) is 4.18. The molecule has 0 aliphatic rings. The van der Waals surface area contributed by atoms with E-state index in [-0.39, 0.29) is 18.0 Å². The Bertz CT molecular complexity index is 420. The highest BCUT2D eigenvalue weighted by atomic mass is 19.1. The number of hydrogen-bond acceptors (Lipinski definition) is 3. The Morgan fingerprint density at radius 2 is 1.95 bits per heavy atom. The van der Waals surface area contributed by atoms with Gasteiger partial charge >= 0.3 is 5.97 Å². The second kappa shape index (κ2) is 8.18. The van der Waals surface area contributed by atoms with Gasteiger partial charge in [0.15, 0.2) is 0 Å². The Hall–Kier alpha value is -1.98. The summed E-state index contributed by atoms with van der Waals surface area (Å²) >= 11 is 0. The molecule has 1 aromatic rings. The van der Waals surface area contributed by atoms with Crippen LogP contribution >= 0.6 is 0 Å². The van der Waals surface area contributed by atoms with Gasteiger partial charge in [-0.3, -0.25) is 9.59 Å². The molecule has 104 valence electrons. The van der Waals surface area contributed by atoms with Gasteiger partial charge in [-0.2, -0.15) is 0 Å². The van der Waals surface area contributed by atoms with Crippen LogP contribution in [0.1, 0.15) is 42.6 Å². The van der Waals surface area contributed by atoms with Crippen molar-refractivity contribution in [3.8, 4) is 0 Å². The number of hydrogen-bond donors (Lipinski definition) is 2. The van der Waals surface area contributed by atoms with Crippen molar-refractivity contribution in [2.45, 2.75) is 32.1 Å². The normalized spacial score (nSPS) is 10.2. The minimum atomic E-state index is -0.782. The van der Waals surface area contributed by atoms with Gasteiger partial charge in [0.2, 0.25) is 0 Å². The number of unbranched alkanes of at least 4 members (excludes halogenated alkanes) is 3. The van der Waals surface area contributed by atoms with E-state index in [0.29, 0.717) is 13.0 Å². The van der Waals surface area contributed by atoms with Crippen LogP contribution < -0.4 is 5.32 Å². The van der Waals surface area contributed by atoms with Gasteiger partial charge in [0.25, 0.3) is 5.91 Å². The van der Waals surface area contributed by atoms with Gasteiger partial charge in [0, 0.05) is 13.0 Å². The highest BCUT2D eigenvalue weighted by molar-refractivity contribution is 5.92. The number of rotatable bonds is 8. The van der Waals surface area contributed by atoms with Crippen molar-refractivity contribution in [2.24, 2.45) is 0 Å². The van der Waals surface area contributed by atoms with E-state index in [2.05, 4.69) is 10.3 Å². The molecule has 0 saturated carbocycles. The van der Waals surface area contributed by atoms with Crippen molar-refractivity contribution < 1.29 is 19.1 Å². The Labute approximate surface area is 110 Å². The Balaban J connectivity index is 2.11. The number of carbonyl (C=O) groups excluding carboxylic acids is 1. The monoisotopic (exact) mass is 268 g/mol. The maximum atomic E-state index is 12.6. The van der Waals surface area contributed by atoms with Crippen molar-refractivity contribution in [2.75, 3.05) is 6.54 Å². The quantitative estimate of drug-likeness (QED) is 0.707. The summed E-state index contributed by atoms with van der Waals surface area (Å²) in [5, 5.41) is 11.1. The molecule has 1 amide bonds. The van der Waals surface area contributed by atoms with Crippen LogP contribution in [0.15, 0.2) is 18.3 Å². The molecule has 0 fully saturated rings. The highest BCUT2D eigenvalue weighted by Crippen LogP contribution is 2.03. The second-order valence-corrected chi connectivity index (χ2v) is 4.18. The van der Waals surface area contributed by atoms with Crippen molar-refractivity contribution >= 4 is 11.9 Å². The number of pyridine rings is 1. The zero-order valence-electron chi connectivity index (χ0n) is 10.6. The molecule has 0 bridgehead atoms. The molecule has 0 radical (unpaired) electrons. The van der Waals surface area contributed by atoms with E-state index < -0.39 is 11.8 Å². The topological polar surface area (TPSA) is 79.3 Å². The molecule has 1 rings (SSSR count). The molecule has 0 aliphatic carbocycles. The summed E-state index contributed by atoms with van der Waals surface area (Å²) in [6.07, 6.45) is 4.32. The molecular weight excluding hydrogens is 251 g/mol. The van der Waals surface area contributed by atoms with Crippen molar-refractivity contribution in [3.05, 3.63) is 29.8 Å². The number of aromatic nitrogens is 1. The Morgan fingerprint density at radius 3 is 2.58 bits per heavy atom. The zero-order chi connectivity index (χ0) is 14.1. The smallest absolute Gasteiger partial charge is 0.303 e. The molecule has 2 N–H and O–H groups in total. The lowest BCUT2D eigenvalue weighted by molar-refractivity contribution is -0.137. The van der Waals surface area contributed by atoms with E-state index in [0.717, 1.165) is 25.5 Å². The third kappa shape index (κ3) is 6.49.